The van der Waals surface area contributed by atoms with E-state index < -0.39 is 0 Å². The molecule has 2 atom stereocenters. The van der Waals surface area contributed by atoms with E-state index in [4.69, 9.17) is 0 Å². The van der Waals surface area contributed by atoms with Crippen LogP contribution in [0.3, 0.4) is 0 Å². The summed E-state index contributed by atoms with van der Waals surface area (Å²) in [7, 11) is 0. The number of hydrogen-bond acceptors (Lipinski definition) is 3. The lowest BCUT2D eigenvalue weighted by Crippen LogP contribution is -2.53. The Balaban J connectivity index is 2.14. The molecule has 1 saturated heterocycles. The van der Waals surface area contributed by atoms with Crippen molar-refractivity contribution in [3.8, 4) is 0 Å². The van der Waals surface area contributed by atoms with Crippen LogP contribution in [0, 0.1) is 0 Å². The summed E-state index contributed by atoms with van der Waals surface area (Å²) in [4.78, 5) is 14.3. The van der Waals surface area contributed by atoms with Gasteiger partial charge < -0.3 is 10.4 Å². The third-order valence-electron chi connectivity index (χ3n) is 4.45. The number of carbonyl (C=O) groups is 1. The minimum atomic E-state index is -0.342. The first-order valence-corrected chi connectivity index (χ1v) is 7.40. The average Bonchev–Trinajstić information content (AvgIpc) is 2.69. The Labute approximate surface area is 110 Å². The minimum Gasteiger partial charge on any atom is -0.394 e. The lowest BCUT2D eigenvalue weighted by molar-refractivity contribution is -0.128. The first-order valence-electron chi connectivity index (χ1n) is 7.40. The smallest absolute Gasteiger partial charge is 0.239 e. The minimum absolute atomic E-state index is 0.00565. The number of amides is 1. The number of nitrogens with one attached hydrogen (secondary N) is 1. The number of hydrogen-bond donors (Lipinski definition) is 2. The van der Waals surface area contributed by atoms with E-state index in [0.717, 1.165) is 13.0 Å². The summed E-state index contributed by atoms with van der Waals surface area (Å²) < 4.78 is 0. The summed E-state index contributed by atoms with van der Waals surface area (Å²) >= 11 is 0. The topological polar surface area (TPSA) is 52.6 Å². The van der Waals surface area contributed by atoms with Crippen molar-refractivity contribution in [3.05, 3.63) is 0 Å². The molecule has 0 aromatic heterocycles. The molecule has 2 fully saturated rings. The molecule has 0 aromatic carbocycles. The van der Waals surface area contributed by atoms with Gasteiger partial charge in [-0.05, 0) is 26.2 Å². The van der Waals surface area contributed by atoms with Crippen molar-refractivity contribution in [1.29, 1.82) is 0 Å². The molecule has 0 spiro atoms. The van der Waals surface area contributed by atoms with Crippen molar-refractivity contribution in [2.45, 2.75) is 70.0 Å². The van der Waals surface area contributed by atoms with Gasteiger partial charge in [0.1, 0.15) is 6.04 Å². The molecule has 0 bridgehead atoms. The summed E-state index contributed by atoms with van der Waals surface area (Å²) in [5, 5.41) is 12.5. The molecule has 1 aliphatic carbocycles. The van der Waals surface area contributed by atoms with Crippen LogP contribution < -0.4 is 5.32 Å². The second-order valence-corrected chi connectivity index (χ2v) is 5.72. The van der Waals surface area contributed by atoms with Crippen LogP contribution in [0.1, 0.15) is 51.9 Å². The molecule has 104 valence electrons. The van der Waals surface area contributed by atoms with Gasteiger partial charge in [-0.1, -0.05) is 25.7 Å². The van der Waals surface area contributed by atoms with Crippen LogP contribution >= 0.6 is 0 Å². The zero-order chi connectivity index (χ0) is 13.0. The highest BCUT2D eigenvalue weighted by Gasteiger charge is 2.36. The number of aliphatic hydroxyl groups excluding tert-OH is 1. The Morgan fingerprint density at radius 2 is 1.89 bits per heavy atom. The van der Waals surface area contributed by atoms with Crippen molar-refractivity contribution < 1.29 is 9.90 Å². The van der Waals surface area contributed by atoms with E-state index in [-0.39, 0.29) is 18.6 Å². The number of rotatable bonds is 2. The average molecular weight is 254 g/mol. The first kappa shape index (κ1) is 13.8. The fraction of sp³-hybridized carbons (Fsp3) is 0.929. The Morgan fingerprint density at radius 1 is 1.22 bits per heavy atom. The van der Waals surface area contributed by atoms with Crippen molar-refractivity contribution in [2.24, 2.45) is 0 Å². The fourth-order valence-electron chi connectivity index (χ4n) is 3.46. The van der Waals surface area contributed by atoms with E-state index in [1.54, 1.807) is 0 Å². The molecule has 4 nitrogen and oxygen atoms in total. The Hall–Kier alpha value is -0.610. The zero-order valence-electron chi connectivity index (χ0n) is 11.4. The van der Waals surface area contributed by atoms with E-state index in [0.29, 0.717) is 12.1 Å². The summed E-state index contributed by atoms with van der Waals surface area (Å²) in [6, 6.07) is 0.512. The zero-order valence-corrected chi connectivity index (χ0v) is 11.4. The van der Waals surface area contributed by atoms with E-state index in [2.05, 4.69) is 17.1 Å². The quantitative estimate of drug-likeness (QED) is 0.730. The van der Waals surface area contributed by atoms with Crippen molar-refractivity contribution in [1.82, 2.24) is 10.2 Å². The highest BCUT2D eigenvalue weighted by Crippen LogP contribution is 2.27. The lowest BCUT2D eigenvalue weighted by atomic mass is 10.0. The van der Waals surface area contributed by atoms with Crippen molar-refractivity contribution in [2.75, 3.05) is 13.2 Å². The van der Waals surface area contributed by atoms with Gasteiger partial charge in [-0.15, -0.1) is 0 Å². The van der Waals surface area contributed by atoms with Crippen LogP contribution in [0.2, 0.25) is 0 Å². The third-order valence-corrected chi connectivity index (χ3v) is 4.45. The Bertz CT molecular complexity index is 275. The summed E-state index contributed by atoms with van der Waals surface area (Å²) in [6.45, 7) is 2.86. The van der Waals surface area contributed by atoms with E-state index >= 15 is 0 Å². The van der Waals surface area contributed by atoms with Crippen molar-refractivity contribution in [3.63, 3.8) is 0 Å². The fourth-order valence-corrected chi connectivity index (χ4v) is 3.46. The van der Waals surface area contributed by atoms with Crippen LogP contribution in [0.25, 0.3) is 0 Å². The van der Waals surface area contributed by atoms with Crippen molar-refractivity contribution >= 4 is 5.91 Å². The maximum Gasteiger partial charge on any atom is 0.239 e. The highest BCUT2D eigenvalue weighted by molar-refractivity contribution is 5.82. The molecule has 18 heavy (non-hydrogen) atoms. The van der Waals surface area contributed by atoms with Crippen LogP contribution in [-0.4, -0.2) is 47.2 Å². The predicted molar refractivity (Wildman–Crippen MR) is 71.3 cm³/mol. The molecule has 0 radical (unpaired) electrons. The van der Waals surface area contributed by atoms with Crippen LogP contribution in [0.15, 0.2) is 0 Å². The Morgan fingerprint density at radius 3 is 2.50 bits per heavy atom. The third kappa shape index (κ3) is 3.04. The molecule has 2 rings (SSSR count). The van der Waals surface area contributed by atoms with Gasteiger partial charge in [0, 0.05) is 18.6 Å². The monoisotopic (exact) mass is 254 g/mol. The van der Waals surface area contributed by atoms with E-state index in [1.807, 2.05) is 0 Å². The van der Waals surface area contributed by atoms with Gasteiger partial charge in [0.15, 0.2) is 0 Å². The second kappa shape index (κ2) is 6.53. The highest BCUT2D eigenvalue weighted by atomic mass is 16.3. The van der Waals surface area contributed by atoms with Gasteiger partial charge in [-0.25, -0.2) is 0 Å². The molecule has 1 heterocycles. The summed E-state index contributed by atoms with van der Waals surface area (Å²) in [6.07, 6.45) is 8.48. The summed E-state index contributed by atoms with van der Waals surface area (Å²) in [5.41, 5.74) is 0. The number of nitrogens with zero attached hydrogens (tertiary/aromatic N) is 1. The van der Waals surface area contributed by atoms with Gasteiger partial charge in [-0.3, -0.25) is 9.69 Å². The SMILES string of the molecule is CC1CCNC(=O)C(CO)N1C1CCCCCC1. The molecule has 0 aromatic rings. The lowest BCUT2D eigenvalue weighted by Gasteiger charge is -2.38. The second-order valence-electron chi connectivity index (χ2n) is 5.72. The molecular weight excluding hydrogens is 228 g/mol. The van der Waals surface area contributed by atoms with Crippen LogP contribution in [0.5, 0.6) is 0 Å². The molecule has 4 heteroatoms. The maximum absolute atomic E-state index is 12.0. The van der Waals surface area contributed by atoms with E-state index in [1.165, 1.54) is 38.5 Å². The largest absolute Gasteiger partial charge is 0.394 e. The van der Waals surface area contributed by atoms with Gasteiger partial charge in [0.2, 0.25) is 5.91 Å². The first-order chi connectivity index (χ1) is 8.74. The van der Waals surface area contributed by atoms with Gasteiger partial charge in [-0.2, -0.15) is 0 Å². The van der Waals surface area contributed by atoms with Gasteiger partial charge in [0.25, 0.3) is 0 Å². The molecule has 1 saturated carbocycles. The maximum atomic E-state index is 12.0. The number of carbonyl (C=O) groups excluding carboxylic acids is 1. The normalized spacial score (nSPS) is 32.7. The molecule has 1 aliphatic heterocycles. The molecule has 1 amide bonds. The van der Waals surface area contributed by atoms with Gasteiger partial charge >= 0.3 is 0 Å². The standard InChI is InChI=1S/C14H26N2O2/c1-11-8-9-15-14(18)13(10-17)16(11)12-6-4-2-3-5-7-12/h11-13,17H,2-10H2,1H3,(H,15,18). The molecule has 2 N–H and O–H groups in total. The van der Waals surface area contributed by atoms with Crippen LogP contribution in [-0.2, 0) is 4.79 Å². The predicted octanol–water partition coefficient (Wildman–Crippen LogP) is 1.28. The molecule has 2 aliphatic rings. The Kier molecular flexibility index (Phi) is 5.01. The molecular formula is C14H26N2O2. The van der Waals surface area contributed by atoms with Gasteiger partial charge in [0.05, 0.1) is 6.61 Å². The van der Waals surface area contributed by atoms with E-state index in [9.17, 15) is 9.90 Å². The number of aliphatic hydroxyl groups is 1. The summed E-state index contributed by atoms with van der Waals surface area (Å²) in [5.74, 6) is 0.00565. The molecule has 2 unspecified atom stereocenters. The van der Waals surface area contributed by atoms with Crippen LogP contribution in [0.4, 0.5) is 0 Å².